The zero-order valence-corrected chi connectivity index (χ0v) is 17.7. The smallest absolute Gasteiger partial charge is 0.260 e. The number of para-hydroxylation sites is 2. The summed E-state index contributed by atoms with van der Waals surface area (Å²) in [5.41, 5.74) is 1.66. The highest BCUT2D eigenvalue weighted by molar-refractivity contribution is 6.30. The van der Waals surface area contributed by atoms with Crippen molar-refractivity contribution in [3.05, 3.63) is 99.8 Å². The van der Waals surface area contributed by atoms with Crippen molar-refractivity contribution in [2.24, 2.45) is 0 Å². The summed E-state index contributed by atoms with van der Waals surface area (Å²) in [6.07, 6.45) is 0. The Morgan fingerprint density at radius 1 is 0.970 bits per heavy atom. The molecule has 5 aromatic rings. The predicted octanol–water partition coefficient (Wildman–Crippen LogP) is 4.89. The van der Waals surface area contributed by atoms with Crippen LogP contribution in [0, 0.1) is 11.6 Å². The highest BCUT2D eigenvalue weighted by atomic mass is 35.5. The zero-order chi connectivity index (χ0) is 23.1. The molecule has 6 nitrogen and oxygen atoms in total. The van der Waals surface area contributed by atoms with Gasteiger partial charge < -0.3 is 9.88 Å². The number of nitrogens with zero attached hydrogens (tertiary/aromatic N) is 3. The maximum Gasteiger partial charge on any atom is 0.260 e. The van der Waals surface area contributed by atoms with E-state index in [1.54, 1.807) is 53.1 Å². The van der Waals surface area contributed by atoms with Crippen LogP contribution >= 0.6 is 11.6 Å². The number of carbonyl (C=O) groups is 1. The molecule has 33 heavy (non-hydrogen) atoms. The van der Waals surface area contributed by atoms with Gasteiger partial charge in [-0.2, -0.15) is 0 Å². The van der Waals surface area contributed by atoms with Gasteiger partial charge >= 0.3 is 0 Å². The van der Waals surface area contributed by atoms with Crippen LogP contribution in [0.4, 0.5) is 14.5 Å². The number of carbonyl (C=O) groups excluding carboxylic acids is 1. The van der Waals surface area contributed by atoms with Gasteiger partial charge in [0.15, 0.2) is 0 Å². The average molecular weight is 465 g/mol. The van der Waals surface area contributed by atoms with Crippen molar-refractivity contribution in [2.75, 3.05) is 5.32 Å². The van der Waals surface area contributed by atoms with Crippen LogP contribution in [0.3, 0.4) is 0 Å². The molecule has 0 unspecified atom stereocenters. The van der Waals surface area contributed by atoms with Gasteiger partial charge in [-0.05, 0) is 36.4 Å². The van der Waals surface area contributed by atoms with Crippen molar-refractivity contribution in [2.45, 2.75) is 6.54 Å². The minimum atomic E-state index is -0.758. The van der Waals surface area contributed by atoms with Crippen LogP contribution in [0.15, 0.2) is 77.6 Å². The number of amides is 1. The summed E-state index contributed by atoms with van der Waals surface area (Å²) in [6, 6.07) is 18.1. The van der Waals surface area contributed by atoms with E-state index in [9.17, 15) is 18.4 Å². The van der Waals surface area contributed by atoms with Crippen LogP contribution in [0.2, 0.25) is 5.02 Å². The first kappa shape index (κ1) is 20.8. The number of hydrogen-bond acceptors (Lipinski definition) is 3. The lowest BCUT2D eigenvalue weighted by Crippen LogP contribution is -2.21. The van der Waals surface area contributed by atoms with E-state index in [1.165, 1.54) is 10.5 Å². The number of hydrogen-bond donors (Lipinski definition) is 1. The molecule has 0 bridgehead atoms. The Morgan fingerprint density at radius 2 is 1.70 bits per heavy atom. The van der Waals surface area contributed by atoms with Gasteiger partial charge in [-0.3, -0.25) is 9.59 Å². The number of fused-ring (bicyclic) bond motifs is 3. The molecule has 0 aliphatic heterocycles. The number of halogens is 3. The fourth-order valence-electron chi connectivity index (χ4n) is 3.72. The van der Waals surface area contributed by atoms with E-state index in [2.05, 4.69) is 10.3 Å². The van der Waals surface area contributed by atoms with Crippen molar-refractivity contribution >= 4 is 40.0 Å². The standard InChI is InChI=1S/C24H15ClF2N4O2/c25-15-7-5-14(6-8-15)18-12-23(33)31-21-4-2-1-3-20(21)30(24(31)29-18)13-22(32)28-19-11-16(26)9-10-17(19)27/h1-12H,13H2,(H,28,32). The quantitative estimate of drug-likeness (QED) is 0.412. The molecule has 0 saturated heterocycles. The van der Waals surface area contributed by atoms with Crippen LogP contribution < -0.4 is 10.9 Å². The third-order valence-corrected chi connectivity index (χ3v) is 5.45. The Kier molecular flexibility index (Phi) is 5.14. The molecule has 2 aromatic heterocycles. The summed E-state index contributed by atoms with van der Waals surface area (Å²) in [4.78, 5) is 30.4. The molecule has 164 valence electrons. The van der Waals surface area contributed by atoms with E-state index in [-0.39, 0.29) is 23.6 Å². The molecule has 0 atom stereocenters. The van der Waals surface area contributed by atoms with Gasteiger partial charge in [0.05, 0.1) is 22.4 Å². The lowest BCUT2D eigenvalue weighted by molar-refractivity contribution is -0.116. The first-order valence-electron chi connectivity index (χ1n) is 9.92. The van der Waals surface area contributed by atoms with Crippen molar-refractivity contribution < 1.29 is 13.6 Å². The van der Waals surface area contributed by atoms with Gasteiger partial charge in [0.25, 0.3) is 5.56 Å². The third kappa shape index (κ3) is 3.85. The van der Waals surface area contributed by atoms with E-state index in [0.717, 1.165) is 18.2 Å². The van der Waals surface area contributed by atoms with E-state index in [4.69, 9.17) is 11.6 Å². The van der Waals surface area contributed by atoms with Crippen LogP contribution in [0.1, 0.15) is 0 Å². The van der Waals surface area contributed by atoms with Gasteiger partial charge in [-0.15, -0.1) is 0 Å². The van der Waals surface area contributed by atoms with E-state index >= 15 is 0 Å². The van der Waals surface area contributed by atoms with Crippen molar-refractivity contribution in [3.63, 3.8) is 0 Å². The second-order valence-corrected chi connectivity index (χ2v) is 7.81. The predicted molar refractivity (Wildman–Crippen MR) is 122 cm³/mol. The van der Waals surface area contributed by atoms with Crippen LogP contribution in [-0.2, 0) is 11.3 Å². The summed E-state index contributed by atoms with van der Waals surface area (Å²) in [5.74, 6) is -1.80. The Balaban J connectivity index is 1.63. The third-order valence-electron chi connectivity index (χ3n) is 5.20. The monoisotopic (exact) mass is 464 g/mol. The van der Waals surface area contributed by atoms with E-state index < -0.39 is 17.5 Å². The summed E-state index contributed by atoms with van der Waals surface area (Å²) in [7, 11) is 0. The number of rotatable bonds is 4. The summed E-state index contributed by atoms with van der Waals surface area (Å²) >= 11 is 5.96. The lowest BCUT2D eigenvalue weighted by atomic mass is 10.1. The number of nitrogens with one attached hydrogen (secondary N) is 1. The molecule has 3 aromatic carbocycles. The van der Waals surface area contributed by atoms with Crippen molar-refractivity contribution in [3.8, 4) is 11.3 Å². The summed E-state index contributed by atoms with van der Waals surface area (Å²) in [6.45, 7) is -0.274. The number of imidazole rings is 1. The Morgan fingerprint density at radius 3 is 2.45 bits per heavy atom. The molecule has 2 heterocycles. The second kappa shape index (κ2) is 8.14. The van der Waals surface area contributed by atoms with Gasteiger partial charge in [-0.25, -0.2) is 18.2 Å². The first-order chi connectivity index (χ1) is 15.9. The van der Waals surface area contributed by atoms with E-state index in [1.807, 2.05) is 0 Å². The van der Waals surface area contributed by atoms with Gasteiger partial charge in [0.2, 0.25) is 11.7 Å². The molecule has 1 amide bonds. The number of anilines is 1. The first-order valence-corrected chi connectivity index (χ1v) is 10.3. The van der Waals surface area contributed by atoms with Crippen LogP contribution in [-0.4, -0.2) is 19.9 Å². The van der Waals surface area contributed by atoms with Crippen LogP contribution in [0.25, 0.3) is 28.1 Å². The Labute approximate surface area is 190 Å². The molecule has 0 saturated carbocycles. The fourth-order valence-corrected chi connectivity index (χ4v) is 3.84. The highest BCUT2D eigenvalue weighted by Crippen LogP contribution is 2.23. The van der Waals surface area contributed by atoms with Gasteiger partial charge in [0, 0.05) is 22.7 Å². The average Bonchev–Trinajstić information content (AvgIpc) is 3.11. The minimum Gasteiger partial charge on any atom is -0.322 e. The molecule has 0 spiro atoms. The number of benzene rings is 3. The highest BCUT2D eigenvalue weighted by Gasteiger charge is 2.18. The summed E-state index contributed by atoms with van der Waals surface area (Å²) in [5, 5.41) is 2.93. The molecule has 9 heteroatoms. The minimum absolute atomic E-state index is 0.239. The number of aromatic nitrogens is 3. The molecule has 0 radical (unpaired) electrons. The second-order valence-electron chi connectivity index (χ2n) is 7.37. The van der Waals surface area contributed by atoms with Gasteiger partial charge in [0.1, 0.15) is 18.2 Å². The molecular formula is C24H15ClF2N4O2. The Hall–Kier alpha value is -4.04. The SMILES string of the molecule is O=C(Cn1c2ccccc2n2c(=O)cc(-c3ccc(Cl)cc3)nc12)Nc1cc(F)ccc1F. The fraction of sp³-hybridized carbons (Fsp3) is 0.0417. The Bertz CT molecular complexity index is 1590. The largest absolute Gasteiger partial charge is 0.322 e. The molecule has 5 rings (SSSR count). The molecule has 0 fully saturated rings. The van der Waals surface area contributed by atoms with E-state index in [0.29, 0.717) is 27.3 Å². The van der Waals surface area contributed by atoms with Gasteiger partial charge in [-0.1, -0.05) is 35.9 Å². The molecule has 0 aliphatic rings. The maximum absolute atomic E-state index is 14.0. The zero-order valence-electron chi connectivity index (χ0n) is 16.9. The molecule has 0 aliphatic carbocycles. The lowest BCUT2D eigenvalue weighted by Gasteiger charge is -2.09. The van der Waals surface area contributed by atoms with Crippen LogP contribution in [0.5, 0.6) is 0 Å². The molecule has 1 N–H and O–H groups in total. The van der Waals surface area contributed by atoms with Crippen molar-refractivity contribution in [1.82, 2.24) is 14.0 Å². The molecular weight excluding hydrogens is 450 g/mol. The topological polar surface area (TPSA) is 68.4 Å². The van der Waals surface area contributed by atoms with Crippen molar-refractivity contribution in [1.29, 1.82) is 0 Å². The maximum atomic E-state index is 14.0. The normalized spacial score (nSPS) is 11.2. The summed E-state index contributed by atoms with van der Waals surface area (Å²) < 4.78 is 30.4.